The lowest BCUT2D eigenvalue weighted by Gasteiger charge is -2.49. The summed E-state index contributed by atoms with van der Waals surface area (Å²) in [5.74, 6) is -5.56. The standard InChI is InChI=1S/C34H40Cl6N2O17/c1-15(43)50-13-22-25(52-16(2)44)27(54-18(4)46)28(55-19(5)47)30(57-22)58-24-21(12-49-11-20-9-7-6-8-10-20)56-29(59-31(41)34(38,39)40)23(26(24)53-17(3)45)42-32(48)51-14-33(35,36)37/h6-10,21-30,41H,11-14H2,1-5H3,(H,42,48)/t21-,22-,23-,24-,25+,26-,27+,28-,29-,30+/m1/s1. The predicted octanol–water partition coefficient (Wildman–Crippen LogP) is 4.16. The van der Waals surface area contributed by atoms with Crippen molar-refractivity contribution in [3.8, 4) is 0 Å². The van der Waals surface area contributed by atoms with E-state index in [0.717, 1.165) is 34.6 Å². The number of alkyl carbamates (subject to hydrolysis) is 1. The Labute approximate surface area is 367 Å². The maximum atomic E-state index is 13.2. The lowest BCUT2D eigenvalue weighted by molar-refractivity contribution is -0.347. The van der Waals surface area contributed by atoms with E-state index in [1.54, 1.807) is 30.3 Å². The van der Waals surface area contributed by atoms with E-state index in [1.165, 1.54) is 0 Å². The molecule has 2 aliphatic heterocycles. The van der Waals surface area contributed by atoms with Crippen LogP contribution in [0.2, 0.25) is 0 Å². The number of ether oxygens (including phenoxy) is 11. The van der Waals surface area contributed by atoms with Crippen LogP contribution >= 0.6 is 69.6 Å². The van der Waals surface area contributed by atoms with Crippen molar-refractivity contribution in [2.75, 3.05) is 19.8 Å². The van der Waals surface area contributed by atoms with Gasteiger partial charge >= 0.3 is 35.9 Å². The second-order valence-electron chi connectivity index (χ2n) is 12.6. The number of nitrogens with one attached hydrogen (secondary N) is 2. The Kier molecular flexibility index (Phi) is 19.3. The summed E-state index contributed by atoms with van der Waals surface area (Å²) >= 11 is 35.0. The summed E-state index contributed by atoms with van der Waals surface area (Å²) in [7, 11) is 0. The number of alkyl halides is 6. The molecule has 0 bridgehead atoms. The molecule has 2 fully saturated rings. The third-order valence-electron chi connectivity index (χ3n) is 7.72. The van der Waals surface area contributed by atoms with Crippen LogP contribution in [0.1, 0.15) is 40.2 Å². The smallest absolute Gasteiger partial charge is 0.407 e. The molecule has 3 rings (SSSR count). The van der Waals surface area contributed by atoms with Crippen LogP contribution < -0.4 is 5.32 Å². The number of esters is 5. The van der Waals surface area contributed by atoms with Crippen molar-refractivity contribution in [2.45, 2.75) is 110 Å². The topological polar surface area (TPSA) is 240 Å². The molecule has 10 atom stereocenters. The van der Waals surface area contributed by atoms with Crippen molar-refractivity contribution in [3.05, 3.63) is 35.9 Å². The Morgan fingerprint density at radius 3 is 1.71 bits per heavy atom. The highest BCUT2D eigenvalue weighted by Gasteiger charge is 2.57. The Balaban J connectivity index is 2.22. The zero-order valence-electron chi connectivity index (χ0n) is 31.7. The number of benzene rings is 1. The summed E-state index contributed by atoms with van der Waals surface area (Å²) in [6.07, 6.45) is -16.5. The summed E-state index contributed by atoms with van der Waals surface area (Å²) in [5.41, 5.74) is 0.707. The molecule has 2 N–H and O–H groups in total. The van der Waals surface area contributed by atoms with Crippen LogP contribution in [0, 0.1) is 5.41 Å². The molecule has 0 unspecified atom stereocenters. The number of carbonyl (C=O) groups is 6. The highest BCUT2D eigenvalue weighted by Crippen LogP contribution is 2.36. The van der Waals surface area contributed by atoms with E-state index in [4.69, 9.17) is 127 Å². The van der Waals surface area contributed by atoms with Crippen molar-refractivity contribution in [1.82, 2.24) is 5.32 Å². The van der Waals surface area contributed by atoms with E-state index in [0.29, 0.717) is 5.56 Å². The molecule has 19 nitrogen and oxygen atoms in total. The summed E-state index contributed by atoms with van der Waals surface area (Å²) in [6.45, 7) is 3.27. The summed E-state index contributed by atoms with van der Waals surface area (Å²) in [6, 6.07) is 7.05. The second kappa shape index (κ2) is 22.7. The van der Waals surface area contributed by atoms with E-state index in [9.17, 15) is 28.8 Å². The Morgan fingerprint density at radius 2 is 1.17 bits per heavy atom. The van der Waals surface area contributed by atoms with Crippen molar-refractivity contribution in [1.29, 1.82) is 5.41 Å². The fourth-order valence-corrected chi connectivity index (χ4v) is 5.91. The van der Waals surface area contributed by atoms with Crippen molar-refractivity contribution < 1.29 is 80.9 Å². The van der Waals surface area contributed by atoms with E-state index in [1.807, 2.05) is 0 Å². The van der Waals surface area contributed by atoms with Gasteiger partial charge in [-0.25, -0.2) is 4.79 Å². The first-order valence-electron chi connectivity index (χ1n) is 17.2. The highest BCUT2D eigenvalue weighted by molar-refractivity contribution is 6.76. The molecule has 2 saturated heterocycles. The fraction of sp³-hybridized carbons (Fsp3) is 0.618. The fourth-order valence-electron chi connectivity index (χ4n) is 5.62. The molecular formula is C34H40Cl6N2O17. The monoisotopic (exact) mass is 958 g/mol. The van der Waals surface area contributed by atoms with Gasteiger partial charge in [-0.2, -0.15) is 0 Å². The minimum absolute atomic E-state index is 0.0226. The highest BCUT2D eigenvalue weighted by atomic mass is 35.6. The maximum Gasteiger partial charge on any atom is 0.407 e. The van der Waals surface area contributed by atoms with Gasteiger partial charge in [-0.15, -0.1) is 0 Å². The average molecular weight is 961 g/mol. The zero-order valence-corrected chi connectivity index (χ0v) is 36.2. The van der Waals surface area contributed by atoms with Crippen LogP contribution in [0.5, 0.6) is 0 Å². The third-order valence-corrected chi connectivity index (χ3v) is 8.57. The Hall–Kier alpha value is -3.11. The molecule has 0 aliphatic carbocycles. The summed E-state index contributed by atoms with van der Waals surface area (Å²) < 4.78 is 58.0. The lowest BCUT2D eigenvalue weighted by atomic mass is 9.95. The average Bonchev–Trinajstić information content (AvgIpc) is 3.10. The molecule has 59 heavy (non-hydrogen) atoms. The van der Waals surface area contributed by atoms with Gasteiger partial charge in [-0.05, 0) is 5.56 Å². The number of hydrogen-bond acceptors (Lipinski definition) is 18. The van der Waals surface area contributed by atoms with Crippen molar-refractivity contribution in [3.63, 3.8) is 0 Å². The molecule has 1 aromatic carbocycles. The van der Waals surface area contributed by atoms with Crippen LogP contribution in [0.3, 0.4) is 0 Å². The minimum atomic E-state index is -2.48. The van der Waals surface area contributed by atoms with Crippen LogP contribution in [0.15, 0.2) is 30.3 Å². The first-order chi connectivity index (χ1) is 27.4. The third kappa shape index (κ3) is 16.7. The van der Waals surface area contributed by atoms with E-state index in [2.05, 4.69) is 5.32 Å². The maximum absolute atomic E-state index is 13.2. The molecule has 1 aromatic rings. The lowest BCUT2D eigenvalue weighted by Crippen LogP contribution is -2.69. The number of amides is 1. The van der Waals surface area contributed by atoms with Gasteiger partial charge in [0.2, 0.25) is 16.0 Å². The Morgan fingerprint density at radius 1 is 0.644 bits per heavy atom. The van der Waals surface area contributed by atoms with Crippen LogP contribution in [0.4, 0.5) is 4.79 Å². The van der Waals surface area contributed by atoms with E-state index in [-0.39, 0.29) is 6.61 Å². The molecule has 330 valence electrons. The van der Waals surface area contributed by atoms with Gasteiger partial charge in [0, 0.05) is 34.6 Å². The molecular weight excluding hydrogens is 921 g/mol. The molecule has 2 aliphatic rings. The molecule has 2 heterocycles. The van der Waals surface area contributed by atoms with Gasteiger partial charge in [0.1, 0.15) is 37.6 Å². The minimum Gasteiger partial charge on any atom is -0.463 e. The summed E-state index contributed by atoms with van der Waals surface area (Å²) in [5, 5.41) is 10.6. The largest absolute Gasteiger partial charge is 0.463 e. The number of halogens is 6. The summed E-state index contributed by atoms with van der Waals surface area (Å²) in [4.78, 5) is 75.2. The van der Waals surface area contributed by atoms with Gasteiger partial charge in [0.25, 0.3) is 3.79 Å². The SMILES string of the molecule is CC(=O)OC[C@H]1O[C@@H](O[C@H]2[C@H](OC(C)=O)[C@@H](NC(=O)OCC(Cl)(Cl)Cl)[C@@H](OC(=N)C(Cl)(Cl)Cl)O[C@@H]2COCc2ccccc2)[C@H](OC(C)=O)[C@@H](OC(C)=O)[C@H]1OC(C)=O. The first kappa shape index (κ1) is 50.2. The molecule has 0 radical (unpaired) electrons. The van der Waals surface area contributed by atoms with Gasteiger partial charge in [-0.3, -0.25) is 29.4 Å². The number of rotatable bonds is 15. The van der Waals surface area contributed by atoms with Gasteiger partial charge < -0.3 is 57.4 Å². The number of hydrogen-bond donors (Lipinski definition) is 2. The quantitative estimate of drug-likeness (QED) is 0.0825. The number of carbonyl (C=O) groups excluding carboxylic acids is 6. The normalized spacial score (nSPS) is 27.0. The predicted molar refractivity (Wildman–Crippen MR) is 205 cm³/mol. The van der Waals surface area contributed by atoms with Crippen LogP contribution in [-0.2, 0) is 82.7 Å². The molecule has 1 amide bonds. The molecule has 0 saturated carbocycles. The molecule has 0 aromatic heterocycles. The Bertz CT molecular complexity index is 1650. The van der Waals surface area contributed by atoms with Crippen molar-refractivity contribution in [2.24, 2.45) is 0 Å². The van der Waals surface area contributed by atoms with Crippen LogP contribution in [-0.4, -0.2) is 131 Å². The van der Waals surface area contributed by atoms with E-state index < -0.39 is 131 Å². The van der Waals surface area contributed by atoms with Crippen LogP contribution in [0.25, 0.3) is 0 Å². The van der Waals surface area contributed by atoms with Gasteiger partial charge in [-0.1, -0.05) is 99.9 Å². The van der Waals surface area contributed by atoms with Gasteiger partial charge in [0.15, 0.2) is 30.7 Å². The van der Waals surface area contributed by atoms with E-state index >= 15 is 0 Å². The zero-order chi connectivity index (χ0) is 44.2. The molecule has 0 spiro atoms. The second-order valence-corrected chi connectivity index (χ2v) is 17.4. The first-order valence-corrected chi connectivity index (χ1v) is 19.4. The van der Waals surface area contributed by atoms with Crippen molar-refractivity contribution >= 4 is 111 Å². The van der Waals surface area contributed by atoms with Gasteiger partial charge in [0.05, 0.1) is 13.2 Å². The molecule has 25 heteroatoms.